The van der Waals surface area contributed by atoms with Crippen molar-refractivity contribution in [2.45, 2.75) is 19.8 Å². The molecule has 0 aliphatic heterocycles. The minimum Gasteiger partial charge on any atom is -0.307 e. The number of nitrogens with one attached hydrogen (secondary N) is 1. The van der Waals surface area contributed by atoms with Gasteiger partial charge in [0.1, 0.15) is 5.82 Å². The number of amides is 1. The predicted octanol–water partition coefficient (Wildman–Crippen LogP) is 4.11. The zero-order chi connectivity index (χ0) is 13.8. The predicted molar refractivity (Wildman–Crippen MR) is 77.7 cm³/mol. The van der Waals surface area contributed by atoms with E-state index in [0.717, 1.165) is 5.56 Å². The zero-order valence-corrected chi connectivity index (χ0v) is 11.6. The van der Waals surface area contributed by atoms with Crippen molar-refractivity contribution in [2.24, 2.45) is 0 Å². The first-order valence-corrected chi connectivity index (χ1v) is 6.47. The van der Waals surface area contributed by atoms with Crippen molar-refractivity contribution < 1.29 is 4.79 Å². The second kappa shape index (κ2) is 5.85. The topological polar surface area (TPSA) is 42.0 Å². The molecule has 98 valence electrons. The van der Waals surface area contributed by atoms with Crippen LogP contribution in [0.5, 0.6) is 0 Å². The summed E-state index contributed by atoms with van der Waals surface area (Å²) in [5.74, 6) is 0.626. The minimum atomic E-state index is -0.183. The van der Waals surface area contributed by atoms with Gasteiger partial charge in [-0.3, -0.25) is 4.79 Å². The maximum Gasteiger partial charge on any atom is 0.256 e. The lowest BCUT2D eigenvalue weighted by Crippen LogP contribution is -2.13. The molecule has 0 unspecified atom stereocenters. The summed E-state index contributed by atoms with van der Waals surface area (Å²) in [6.07, 6.45) is 1.64. The van der Waals surface area contributed by atoms with Crippen molar-refractivity contribution in [3.05, 3.63) is 58.7 Å². The van der Waals surface area contributed by atoms with Gasteiger partial charge in [-0.1, -0.05) is 31.5 Å². The van der Waals surface area contributed by atoms with E-state index >= 15 is 0 Å². The molecule has 2 rings (SSSR count). The van der Waals surface area contributed by atoms with Crippen molar-refractivity contribution in [3.8, 4) is 0 Å². The third-order valence-corrected chi connectivity index (χ3v) is 3.13. The molecular weight excluding hydrogens is 260 g/mol. The molecule has 0 radical (unpaired) electrons. The molecule has 0 saturated carbocycles. The average molecular weight is 275 g/mol. The number of carbonyl (C=O) groups excluding carboxylic acids is 1. The molecule has 0 saturated heterocycles. The summed E-state index contributed by atoms with van der Waals surface area (Å²) in [6, 6.07) is 10.7. The van der Waals surface area contributed by atoms with Gasteiger partial charge in [0.25, 0.3) is 5.91 Å². The molecule has 2 aromatic rings. The van der Waals surface area contributed by atoms with Crippen LogP contribution < -0.4 is 5.32 Å². The molecule has 1 aromatic carbocycles. The summed E-state index contributed by atoms with van der Waals surface area (Å²) in [4.78, 5) is 16.2. The maximum absolute atomic E-state index is 12.1. The summed E-state index contributed by atoms with van der Waals surface area (Å²) in [5, 5.41) is 3.44. The lowest BCUT2D eigenvalue weighted by molar-refractivity contribution is 0.102. The first-order chi connectivity index (χ1) is 9.08. The van der Waals surface area contributed by atoms with E-state index in [2.05, 4.69) is 10.3 Å². The van der Waals surface area contributed by atoms with Gasteiger partial charge in [0, 0.05) is 16.8 Å². The normalized spacial score (nSPS) is 10.5. The number of hydrogen-bond acceptors (Lipinski definition) is 2. The van der Waals surface area contributed by atoms with Crippen LogP contribution in [0, 0.1) is 0 Å². The molecule has 1 amide bonds. The number of carbonyl (C=O) groups is 1. The second-order valence-corrected chi connectivity index (χ2v) is 4.97. The third-order valence-electron chi connectivity index (χ3n) is 2.79. The van der Waals surface area contributed by atoms with Gasteiger partial charge in [-0.05, 0) is 41.8 Å². The number of aromatic nitrogens is 1. The molecule has 1 heterocycles. The minimum absolute atomic E-state index is 0.183. The summed E-state index contributed by atoms with van der Waals surface area (Å²) >= 11 is 6.11. The van der Waals surface area contributed by atoms with Crippen LogP contribution in [0.2, 0.25) is 5.02 Å². The number of pyridine rings is 1. The van der Waals surface area contributed by atoms with Crippen LogP contribution >= 0.6 is 11.6 Å². The Labute approximate surface area is 117 Å². The fourth-order valence-electron chi connectivity index (χ4n) is 1.75. The van der Waals surface area contributed by atoms with E-state index in [9.17, 15) is 4.79 Å². The highest BCUT2D eigenvalue weighted by Gasteiger charge is 2.11. The summed E-state index contributed by atoms with van der Waals surface area (Å²) in [6.45, 7) is 4.09. The van der Waals surface area contributed by atoms with E-state index in [0.29, 0.717) is 16.4 Å². The summed E-state index contributed by atoms with van der Waals surface area (Å²) in [7, 11) is 0. The average Bonchev–Trinajstić information content (AvgIpc) is 2.40. The Kier molecular flexibility index (Phi) is 4.17. The van der Waals surface area contributed by atoms with Gasteiger partial charge < -0.3 is 5.32 Å². The van der Waals surface area contributed by atoms with Gasteiger partial charge in [0.05, 0.1) is 0 Å². The number of anilines is 1. The molecule has 0 spiro atoms. The zero-order valence-electron chi connectivity index (χ0n) is 10.9. The van der Waals surface area contributed by atoms with Crippen molar-refractivity contribution in [1.29, 1.82) is 0 Å². The van der Waals surface area contributed by atoms with E-state index in [1.54, 1.807) is 30.5 Å². The number of rotatable bonds is 3. The number of benzene rings is 1. The lowest BCUT2D eigenvalue weighted by Gasteiger charge is -2.10. The molecule has 1 aromatic heterocycles. The van der Waals surface area contributed by atoms with E-state index in [1.165, 1.54) is 0 Å². The highest BCUT2D eigenvalue weighted by atomic mass is 35.5. The third kappa shape index (κ3) is 3.32. The molecule has 0 bridgehead atoms. The fourth-order valence-corrected chi connectivity index (χ4v) is 2.09. The quantitative estimate of drug-likeness (QED) is 0.915. The SMILES string of the molecule is CC(C)c1cc(C(=O)Nc2ccccn2)ccc1Cl. The van der Waals surface area contributed by atoms with Gasteiger partial charge in [0.15, 0.2) is 0 Å². The molecule has 0 atom stereocenters. The Balaban J connectivity index is 2.22. The van der Waals surface area contributed by atoms with Gasteiger partial charge in [-0.25, -0.2) is 4.98 Å². The van der Waals surface area contributed by atoms with Crippen LogP contribution in [0.25, 0.3) is 0 Å². The lowest BCUT2D eigenvalue weighted by atomic mass is 10.0. The van der Waals surface area contributed by atoms with Crippen LogP contribution in [0.1, 0.15) is 35.7 Å². The molecule has 0 aliphatic rings. The summed E-state index contributed by atoms with van der Waals surface area (Å²) < 4.78 is 0. The van der Waals surface area contributed by atoms with Gasteiger partial charge in [-0.2, -0.15) is 0 Å². The largest absolute Gasteiger partial charge is 0.307 e. The molecular formula is C15H15ClN2O. The first kappa shape index (κ1) is 13.6. The molecule has 1 N–H and O–H groups in total. The van der Waals surface area contributed by atoms with Crippen LogP contribution in [0.15, 0.2) is 42.6 Å². The van der Waals surface area contributed by atoms with Crippen molar-refractivity contribution in [1.82, 2.24) is 4.98 Å². The monoisotopic (exact) mass is 274 g/mol. The second-order valence-electron chi connectivity index (χ2n) is 4.56. The molecule has 3 nitrogen and oxygen atoms in total. The van der Waals surface area contributed by atoms with Crippen molar-refractivity contribution >= 4 is 23.3 Å². The Morgan fingerprint density at radius 2 is 2.05 bits per heavy atom. The van der Waals surface area contributed by atoms with Crippen LogP contribution in [-0.4, -0.2) is 10.9 Å². The van der Waals surface area contributed by atoms with Crippen LogP contribution in [0.4, 0.5) is 5.82 Å². The fraction of sp³-hybridized carbons (Fsp3) is 0.200. The molecule has 0 aliphatic carbocycles. The van der Waals surface area contributed by atoms with E-state index < -0.39 is 0 Å². The van der Waals surface area contributed by atoms with Gasteiger partial charge in [-0.15, -0.1) is 0 Å². The van der Waals surface area contributed by atoms with Gasteiger partial charge in [0.2, 0.25) is 0 Å². The molecule has 4 heteroatoms. The Morgan fingerprint density at radius 1 is 1.26 bits per heavy atom. The standard InChI is InChI=1S/C15H15ClN2O/c1-10(2)12-9-11(6-7-13(12)16)15(19)18-14-5-3-4-8-17-14/h3-10H,1-2H3,(H,17,18,19). The number of hydrogen-bond donors (Lipinski definition) is 1. The maximum atomic E-state index is 12.1. The van der Waals surface area contributed by atoms with E-state index in [-0.39, 0.29) is 11.8 Å². The van der Waals surface area contributed by atoms with Crippen molar-refractivity contribution in [3.63, 3.8) is 0 Å². The highest BCUT2D eigenvalue weighted by Crippen LogP contribution is 2.25. The Morgan fingerprint density at radius 3 is 2.68 bits per heavy atom. The number of halogens is 1. The van der Waals surface area contributed by atoms with E-state index in [4.69, 9.17) is 11.6 Å². The van der Waals surface area contributed by atoms with Crippen molar-refractivity contribution in [2.75, 3.05) is 5.32 Å². The Bertz CT molecular complexity index is 582. The van der Waals surface area contributed by atoms with E-state index in [1.807, 2.05) is 26.0 Å². The Hall–Kier alpha value is -1.87. The highest BCUT2D eigenvalue weighted by molar-refractivity contribution is 6.31. The van der Waals surface area contributed by atoms with Crippen LogP contribution in [0.3, 0.4) is 0 Å². The first-order valence-electron chi connectivity index (χ1n) is 6.09. The molecule has 0 fully saturated rings. The smallest absolute Gasteiger partial charge is 0.256 e. The van der Waals surface area contributed by atoms with Crippen LogP contribution in [-0.2, 0) is 0 Å². The van der Waals surface area contributed by atoms with Gasteiger partial charge >= 0.3 is 0 Å². The molecule has 19 heavy (non-hydrogen) atoms. The number of nitrogens with zero attached hydrogens (tertiary/aromatic N) is 1. The summed E-state index contributed by atoms with van der Waals surface area (Å²) in [5.41, 5.74) is 1.55.